The summed E-state index contributed by atoms with van der Waals surface area (Å²) in [7, 11) is 1.69. The van der Waals surface area contributed by atoms with E-state index in [4.69, 9.17) is 4.74 Å². The van der Waals surface area contributed by atoms with Gasteiger partial charge in [-0.15, -0.1) is 11.3 Å². The van der Waals surface area contributed by atoms with E-state index in [-0.39, 0.29) is 0 Å². The average Bonchev–Trinajstić information content (AvgIpc) is 2.68. The van der Waals surface area contributed by atoms with E-state index < -0.39 is 0 Å². The van der Waals surface area contributed by atoms with Crippen LogP contribution in [0, 0.1) is 6.92 Å². The number of ether oxygens (including phenoxy) is 1. The fourth-order valence-electron chi connectivity index (χ4n) is 1.64. The first kappa shape index (κ1) is 12.6. The molecule has 0 aliphatic rings. The zero-order valence-electron chi connectivity index (χ0n) is 10.1. The lowest BCUT2D eigenvalue weighted by Gasteiger charge is -2.07. The second-order valence-corrected chi connectivity index (χ2v) is 5.71. The molecule has 2 aromatic rings. The summed E-state index contributed by atoms with van der Waals surface area (Å²) in [5.74, 6) is 0.878. The molecule has 1 aromatic heterocycles. The highest BCUT2D eigenvalue weighted by Crippen LogP contribution is 2.36. The van der Waals surface area contributed by atoms with Crippen LogP contribution < -0.4 is 4.74 Å². The van der Waals surface area contributed by atoms with Crippen molar-refractivity contribution in [2.75, 3.05) is 7.11 Å². The topological polar surface area (TPSA) is 22.1 Å². The maximum Gasteiger partial charge on any atom is 0.129 e. The van der Waals surface area contributed by atoms with Gasteiger partial charge in [-0.05, 0) is 47.0 Å². The number of nitrogens with zero attached hydrogens (tertiary/aromatic N) is 1. The first-order valence-electron chi connectivity index (χ1n) is 5.46. The zero-order valence-corrected chi connectivity index (χ0v) is 12.5. The van der Waals surface area contributed by atoms with Crippen molar-refractivity contribution in [3.8, 4) is 16.3 Å². The molecule has 0 N–H and O–H groups in total. The van der Waals surface area contributed by atoms with Gasteiger partial charge in [0.25, 0.3) is 0 Å². The van der Waals surface area contributed by atoms with Gasteiger partial charge >= 0.3 is 0 Å². The van der Waals surface area contributed by atoms with E-state index in [1.54, 1.807) is 18.4 Å². The Labute approximate surface area is 114 Å². The van der Waals surface area contributed by atoms with Crippen LogP contribution in [-0.2, 0) is 6.42 Å². The Balaban J connectivity index is 2.55. The maximum absolute atomic E-state index is 5.40. The van der Waals surface area contributed by atoms with Crippen LogP contribution in [-0.4, -0.2) is 12.1 Å². The van der Waals surface area contributed by atoms with E-state index in [0.29, 0.717) is 0 Å². The first-order valence-corrected chi connectivity index (χ1v) is 7.07. The minimum atomic E-state index is 0.878. The number of methoxy groups -OCH3 is 1. The molecular formula is C13H14BrNOS. The molecule has 0 aliphatic heterocycles. The van der Waals surface area contributed by atoms with Gasteiger partial charge in [0.05, 0.1) is 12.7 Å². The van der Waals surface area contributed by atoms with Crippen LogP contribution in [0.3, 0.4) is 0 Å². The van der Waals surface area contributed by atoms with Gasteiger partial charge in [-0.1, -0.05) is 13.0 Å². The van der Waals surface area contributed by atoms with Crippen molar-refractivity contribution >= 4 is 27.3 Å². The molecule has 90 valence electrons. The van der Waals surface area contributed by atoms with Gasteiger partial charge in [0.2, 0.25) is 0 Å². The molecule has 4 heteroatoms. The summed E-state index contributed by atoms with van der Waals surface area (Å²) in [5, 5.41) is 1.00. The number of aryl methyl sites for hydroxylation is 2. The molecule has 2 rings (SSSR count). The minimum absolute atomic E-state index is 0.878. The van der Waals surface area contributed by atoms with Gasteiger partial charge in [-0.2, -0.15) is 0 Å². The van der Waals surface area contributed by atoms with Crippen molar-refractivity contribution in [3.63, 3.8) is 0 Å². The number of benzene rings is 1. The quantitative estimate of drug-likeness (QED) is 0.835. The molecule has 0 aliphatic carbocycles. The molecule has 0 spiro atoms. The van der Waals surface area contributed by atoms with Crippen molar-refractivity contribution in [3.05, 3.63) is 33.2 Å². The van der Waals surface area contributed by atoms with E-state index >= 15 is 0 Å². The van der Waals surface area contributed by atoms with Gasteiger partial charge in [0, 0.05) is 4.88 Å². The molecule has 17 heavy (non-hydrogen) atoms. The highest BCUT2D eigenvalue weighted by Gasteiger charge is 2.12. The Kier molecular flexibility index (Phi) is 3.84. The molecule has 0 fully saturated rings. The fraction of sp³-hybridized carbons (Fsp3) is 0.308. The molecule has 0 saturated heterocycles. The summed E-state index contributed by atoms with van der Waals surface area (Å²) in [6.45, 7) is 4.20. The van der Waals surface area contributed by atoms with Crippen molar-refractivity contribution in [1.82, 2.24) is 4.98 Å². The summed E-state index contributed by atoms with van der Waals surface area (Å²) < 4.78 is 6.32. The highest BCUT2D eigenvalue weighted by atomic mass is 79.9. The summed E-state index contributed by atoms with van der Waals surface area (Å²) in [6, 6.07) is 6.26. The average molecular weight is 312 g/mol. The lowest BCUT2D eigenvalue weighted by atomic mass is 10.1. The predicted octanol–water partition coefficient (Wildman–Crippen LogP) is 4.45. The van der Waals surface area contributed by atoms with Crippen molar-refractivity contribution in [1.29, 1.82) is 0 Å². The molecule has 0 saturated carbocycles. The van der Waals surface area contributed by atoms with Crippen LogP contribution in [0.4, 0.5) is 0 Å². The van der Waals surface area contributed by atoms with Crippen LogP contribution in [0.25, 0.3) is 10.6 Å². The molecule has 1 aromatic carbocycles. The molecule has 0 atom stereocenters. The number of hydrogen-bond acceptors (Lipinski definition) is 3. The van der Waals surface area contributed by atoms with Crippen molar-refractivity contribution in [2.45, 2.75) is 20.3 Å². The lowest BCUT2D eigenvalue weighted by molar-refractivity contribution is 0.416. The molecule has 0 unspecified atom stereocenters. The van der Waals surface area contributed by atoms with E-state index in [1.807, 2.05) is 6.07 Å². The molecular weight excluding hydrogens is 298 g/mol. The van der Waals surface area contributed by atoms with Gasteiger partial charge in [-0.25, -0.2) is 4.98 Å². The predicted molar refractivity (Wildman–Crippen MR) is 75.9 cm³/mol. The fourth-order valence-corrected chi connectivity index (χ4v) is 3.00. The van der Waals surface area contributed by atoms with Crippen molar-refractivity contribution in [2.24, 2.45) is 0 Å². The third-order valence-electron chi connectivity index (χ3n) is 2.64. The molecule has 0 bridgehead atoms. The number of aromatic nitrogens is 1. The SMILES string of the molecule is CCc1ccc(OC)c(-c2nc(Br)c(C)s2)c1. The Morgan fingerprint density at radius 3 is 2.71 bits per heavy atom. The van der Waals surface area contributed by atoms with Crippen molar-refractivity contribution < 1.29 is 4.74 Å². The third-order valence-corrected chi connectivity index (χ3v) is 4.68. The monoisotopic (exact) mass is 311 g/mol. The van der Waals surface area contributed by atoms with E-state index in [0.717, 1.165) is 27.3 Å². The van der Waals surface area contributed by atoms with E-state index in [9.17, 15) is 0 Å². The van der Waals surface area contributed by atoms with Crippen LogP contribution >= 0.6 is 27.3 Å². The zero-order chi connectivity index (χ0) is 12.4. The lowest BCUT2D eigenvalue weighted by Crippen LogP contribution is -1.90. The molecule has 1 heterocycles. The summed E-state index contributed by atoms with van der Waals surface area (Å²) in [4.78, 5) is 5.70. The first-order chi connectivity index (χ1) is 8.15. The van der Waals surface area contributed by atoms with Gasteiger partial charge in [0.1, 0.15) is 15.4 Å². The number of rotatable bonds is 3. The van der Waals surface area contributed by atoms with Crippen LogP contribution in [0.2, 0.25) is 0 Å². The third kappa shape index (κ3) is 2.53. The Hall–Kier alpha value is -0.870. The standard InChI is InChI=1S/C13H14BrNOS/c1-4-9-5-6-11(16-3)10(7-9)13-15-12(14)8(2)17-13/h5-7H,4H2,1-3H3. The summed E-state index contributed by atoms with van der Waals surface area (Å²) in [5.41, 5.74) is 2.37. The smallest absolute Gasteiger partial charge is 0.129 e. The maximum atomic E-state index is 5.40. The van der Waals surface area contributed by atoms with Crippen LogP contribution in [0.1, 0.15) is 17.4 Å². The van der Waals surface area contributed by atoms with Gasteiger partial charge in [0.15, 0.2) is 0 Å². The van der Waals surface area contributed by atoms with Gasteiger partial charge < -0.3 is 4.74 Å². The Bertz CT molecular complexity index is 517. The Morgan fingerprint density at radius 2 is 2.18 bits per heavy atom. The van der Waals surface area contributed by atoms with Gasteiger partial charge in [-0.3, -0.25) is 0 Å². The second kappa shape index (κ2) is 5.19. The summed E-state index contributed by atoms with van der Waals surface area (Å²) in [6.07, 6.45) is 1.02. The Morgan fingerprint density at radius 1 is 1.41 bits per heavy atom. The number of halogens is 1. The van der Waals surface area contributed by atoms with E-state index in [1.165, 1.54) is 10.4 Å². The largest absolute Gasteiger partial charge is 0.496 e. The van der Waals surface area contributed by atoms with Crippen LogP contribution in [0.5, 0.6) is 5.75 Å². The molecule has 0 radical (unpaired) electrons. The molecule has 2 nitrogen and oxygen atoms in total. The summed E-state index contributed by atoms with van der Waals surface area (Å²) >= 11 is 5.13. The van der Waals surface area contributed by atoms with E-state index in [2.05, 4.69) is 46.9 Å². The number of hydrogen-bond donors (Lipinski definition) is 0. The molecule has 0 amide bonds. The minimum Gasteiger partial charge on any atom is -0.496 e. The highest BCUT2D eigenvalue weighted by molar-refractivity contribution is 9.10. The second-order valence-electron chi connectivity index (χ2n) is 3.75. The van der Waals surface area contributed by atoms with Crippen LogP contribution in [0.15, 0.2) is 22.8 Å². The number of thiazole rings is 1. The normalized spacial score (nSPS) is 10.6.